The molecule has 1 aromatic carbocycles. The molecule has 1 rings (SSSR count). The molecule has 0 aromatic heterocycles. The zero-order valence-corrected chi connectivity index (χ0v) is 8.75. The lowest BCUT2D eigenvalue weighted by atomic mass is 9.99. The van der Waals surface area contributed by atoms with Crippen LogP contribution in [-0.2, 0) is 6.42 Å². The van der Waals surface area contributed by atoms with Gasteiger partial charge in [0.15, 0.2) is 0 Å². The van der Waals surface area contributed by atoms with Crippen molar-refractivity contribution in [3.8, 4) is 0 Å². The number of aliphatic hydroxyl groups is 1. The van der Waals surface area contributed by atoms with Gasteiger partial charge in [-0.2, -0.15) is 0 Å². The van der Waals surface area contributed by atoms with Crippen LogP contribution in [0, 0.1) is 0 Å². The van der Waals surface area contributed by atoms with Gasteiger partial charge in [-0.15, -0.1) is 0 Å². The van der Waals surface area contributed by atoms with E-state index in [1.165, 1.54) is 5.56 Å². The molecule has 0 saturated heterocycles. The molecule has 1 nitrogen and oxygen atoms in total. The zero-order chi connectivity index (χ0) is 10.6. The lowest BCUT2D eigenvalue weighted by Crippen LogP contribution is -1.89. The maximum Gasteiger partial charge on any atom is 0.0897 e. The third-order valence-corrected chi connectivity index (χ3v) is 2.13. The number of aryl methyl sites for hydroxylation is 1. The molecule has 0 spiro atoms. The molecule has 0 aliphatic heterocycles. The zero-order valence-electron chi connectivity index (χ0n) is 8.75. The molecule has 14 heavy (non-hydrogen) atoms. The fourth-order valence-electron chi connectivity index (χ4n) is 1.47. The minimum Gasteiger partial charge on any atom is -0.513 e. The number of benzene rings is 1. The van der Waals surface area contributed by atoms with Gasteiger partial charge in [0.05, 0.1) is 5.76 Å². The van der Waals surface area contributed by atoms with E-state index in [1.807, 2.05) is 18.2 Å². The second kappa shape index (κ2) is 4.66. The average molecular weight is 188 g/mol. The van der Waals surface area contributed by atoms with Crippen molar-refractivity contribution in [1.82, 2.24) is 0 Å². The first kappa shape index (κ1) is 10.6. The van der Waals surface area contributed by atoms with E-state index < -0.39 is 0 Å². The van der Waals surface area contributed by atoms with Crippen LogP contribution in [0.4, 0.5) is 0 Å². The van der Waals surface area contributed by atoms with E-state index in [0.717, 1.165) is 17.6 Å². The Hall–Kier alpha value is -1.50. The van der Waals surface area contributed by atoms with Gasteiger partial charge in [-0.05, 0) is 36.1 Å². The van der Waals surface area contributed by atoms with Crippen LogP contribution < -0.4 is 0 Å². The summed E-state index contributed by atoms with van der Waals surface area (Å²) in [5, 5.41) is 9.15. The van der Waals surface area contributed by atoms with Crippen LogP contribution in [0.5, 0.6) is 0 Å². The van der Waals surface area contributed by atoms with Crippen LogP contribution >= 0.6 is 0 Å². The van der Waals surface area contributed by atoms with Gasteiger partial charge < -0.3 is 5.11 Å². The topological polar surface area (TPSA) is 20.2 Å². The smallest absolute Gasteiger partial charge is 0.0897 e. The molecule has 0 aliphatic rings. The number of rotatable bonds is 3. The van der Waals surface area contributed by atoms with E-state index in [9.17, 15) is 0 Å². The van der Waals surface area contributed by atoms with E-state index >= 15 is 0 Å². The summed E-state index contributed by atoms with van der Waals surface area (Å²) in [6.45, 7) is 7.70. The van der Waals surface area contributed by atoms with Crippen molar-refractivity contribution in [2.45, 2.75) is 20.3 Å². The minimum atomic E-state index is 0.293. The van der Waals surface area contributed by atoms with Crippen molar-refractivity contribution in [2.24, 2.45) is 0 Å². The number of allylic oxidation sites excluding steroid dienone is 3. The summed E-state index contributed by atoms with van der Waals surface area (Å²) in [6.07, 6.45) is 2.67. The molecule has 1 N–H and O–H groups in total. The van der Waals surface area contributed by atoms with E-state index in [2.05, 4.69) is 19.6 Å². The highest BCUT2D eigenvalue weighted by molar-refractivity contribution is 5.74. The van der Waals surface area contributed by atoms with E-state index in [1.54, 1.807) is 13.0 Å². The molecule has 1 aromatic rings. The Morgan fingerprint density at radius 2 is 2.07 bits per heavy atom. The van der Waals surface area contributed by atoms with Gasteiger partial charge in [-0.3, -0.25) is 0 Å². The van der Waals surface area contributed by atoms with Crippen LogP contribution in [-0.4, -0.2) is 5.11 Å². The van der Waals surface area contributed by atoms with E-state index in [4.69, 9.17) is 5.11 Å². The fraction of sp³-hybridized carbons (Fsp3) is 0.231. The van der Waals surface area contributed by atoms with Gasteiger partial charge in [-0.1, -0.05) is 37.8 Å². The summed E-state index contributed by atoms with van der Waals surface area (Å²) < 4.78 is 0. The first-order chi connectivity index (χ1) is 6.65. The number of aliphatic hydroxyl groups excluding tert-OH is 1. The maximum atomic E-state index is 9.15. The van der Waals surface area contributed by atoms with Crippen LogP contribution in [0.3, 0.4) is 0 Å². The Morgan fingerprint density at radius 1 is 1.43 bits per heavy atom. The predicted octanol–water partition coefficient (Wildman–Crippen LogP) is 3.72. The summed E-state index contributed by atoms with van der Waals surface area (Å²) in [4.78, 5) is 0. The van der Waals surface area contributed by atoms with Gasteiger partial charge in [0, 0.05) is 0 Å². The molecule has 0 fully saturated rings. The van der Waals surface area contributed by atoms with E-state index in [-0.39, 0.29) is 0 Å². The molecular weight excluding hydrogens is 172 g/mol. The Balaban J connectivity index is 3.06. The molecule has 0 bridgehead atoms. The van der Waals surface area contributed by atoms with Crippen molar-refractivity contribution in [1.29, 1.82) is 0 Å². The SMILES string of the molecule is C=C(/C=C(\C)O)c1ccccc1CC. The van der Waals surface area contributed by atoms with Crippen molar-refractivity contribution >= 4 is 5.57 Å². The van der Waals surface area contributed by atoms with Crippen LogP contribution in [0.1, 0.15) is 25.0 Å². The van der Waals surface area contributed by atoms with Crippen LogP contribution in [0.25, 0.3) is 5.57 Å². The summed E-state index contributed by atoms with van der Waals surface area (Å²) in [5.41, 5.74) is 3.24. The second-order valence-corrected chi connectivity index (χ2v) is 3.32. The first-order valence-electron chi connectivity index (χ1n) is 4.79. The van der Waals surface area contributed by atoms with Gasteiger partial charge in [0.2, 0.25) is 0 Å². The molecule has 0 amide bonds. The first-order valence-corrected chi connectivity index (χ1v) is 4.79. The highest BCUT2D eigenvalue weighted by Gasteiger charge is 2.01. The van der Waals surface area contributed by atoms with Gasteiger partial charge in [-0.25, -0.2) is 0 Å². The third-order valence-electron chi connectivity index (χ3n) is 2.13. The number of hydrogen-bond donors (Lipinski definition) is 1. The third kappa shape index (κ3) is 2.49. The van der Waals surface area contributed by atoms with Crippen LogP contribution in [0.15, 0.2) is 42.7 Å². The van der Waals surface area contributed by atoms with Gasteiger partial charge in [0.25, 0.3) is 0 Å². The lowest BCUT2D eigenvalue weighted by molar-refractivity contribution is 0.415. The Morgan fingerprint density at radius 3 is 2.64 bits per heavy atom. The lowest BCUT2D eigenvalue weighted by Gasteiger charge is -2.07. The van der Waals surface area contributed by atoms with Crippen LogP contribution in [0.2, 0.25) is 0 Å². The van der Waals surface area contributed by atoms with Crippen molar-refractivity contribution < 1.29 is 5.11 Å². The highest BCUT2D eigenvalue weighted by Crippen LogP contribution is 2.19. The molecule has 0 radical (unpaired) electrons. The molecule has 0 unspecified atom stereocenters. The quantitative estimate of drug-likeness (QED) is 0.566. The summed E-state index contributed by atoms with van der Waals surface area (Å²) in [6, 6.07) is 8.12. The van der Waals surface area contributed by atoms with Gasteiger partial charge >= 0.3 is 0 Å². The monoisotopic (exact) mass is 188 g/mol. The molecule has 1 heteroatoms. The predicted molar refractivity (Wildman–Crippen MR) is 61.2 cm³/mol. The summed E-state index contributed by atoms with van der Waals surface area (Å²) in [7, 11) is 0. The summed E-state index contributed by atoms with van der Waals surface area (Å²) >= 11 is 0. The molecule has 0 heterocycles. The van der Waals surface area contributed by atoms with Gasteiger partial charge in [0.1, 0.15) is 0 Å². The van der Waals surface area contributed by atoms with E-state index in [0.29, 0.717) is 5.76 Å². The Bertz CT molecular complexity index is 357. The molecule has 74 valence electrons. The van der Waals surface area contributed by atoms with Crippen molar-refractivity contribution in [2.75, 3.05) is 0 Å². The molecule has 0 saturated carbocycles. The minimum absolute atomic E-state index is 0.293. The molecular formula is C13H16O. The standard InChI is InChI=1S/C13H16O/c1-4-12-7-5-6-8-13(12)10(2)9-11(3)14/h5-9,14H,2,4H2,1,3H3/b11-9+. The highest BCUT2D eigenvalue weighted by atomic mass is 16.3. The Labute approximate surface area is 85.4 Å². The summed E-state index contributed by atoms with van der Waals surface area (Å²) in [5.74, 6) is 0.293. The fourth-order valence-corrected chi connectivity index (χ4v) is 1.47. The van der Waals surface area contributed by atoms with Crippen molar-refractivity contribution in [3.63, 3.8) is 0 Å². The average Bonchev–Trinajstić information content (AvgIpc) is 2.16. The molecule has 0 aliphatic carbocycles. The normalized spacial score (nSPS) is 11.4. The maximum absolute atomic E-state index is 9.15. The largest absolute Gasteiger partial charge is 0.513 e. The Kier molecular flexibility index (Phi) is 3.52. The van der Waals surface area contributed by atoms with Crippen molar-refractivity contribution in [3.05, 3.63) is 53.8 Å². The number of hydrogen-bond acceptors (Lipinski definition) is 1. The molecule has 0 atom stereocenters. The second-order valence-electron chi connectivity index (χ2n) is 3.32.